The summed E-state index contributed by atoms with van der Waals surface area (Å²) in [6.45, 7) is 5.80. The van der Waals surface area contributed by atoms with E-state index in [0.29, 0.717) is 0 Å². The highest BCUT2D eigenvalue weighted by atomic mass is 16.3. The third-order valence-corrected chi connectivity index (χ3v) is 2.34. The van der Waals surface area contributed by atoms with Crippen molar-refractivity contribution in [1.29, 1.82) is 0 Å². The summed E-state index contributed by atoms with van der Waals surface area (Å²) in [7, 11) is 0. The van der Waals surface area contributed by atoms with Gasteiger partial charge in [-0.2, -0.15) is 0 Å². The van der Waals surface area contributed by atoms with Crippen molar-refractivity contribution in [3.63, 3.8) is 0 Å². The molecule has 0 unspecified atom stereocenters. The van der Waals surface area contributed by atoms with E-state index in [1.165, 1.54) is 0 Å². The summed E-state index contributed by atoms with van der Waals surface area (Å²) < 4.78 is 0. The van der Waals surface area contributed by atoms with Crippen LogP contribution >= 0.6 is 0 Å². The van der Waals surface area contributed by atoms with Crippen LogP contribution in [0.3, 0.4) is 0 Å². The molecule has 1 aromatic rings. The number of aliphatic hydroxyl groups excluding tert-OH is 1. The fourth-order valence-electron chi connectivity index (χ4n) is 1.56. The van der Waals surface area contributed by atoms with Gasteiger partial charge in [-0.1, -0.05) is 18.2 Å². The summed E-state index contributed by atoms with van der Waals surface area (Å²) in [6, 6.07) is 5.75. The predicted molar refractivity (Wildman–Crippen MR) is 54.5 cm³/mol. The van der Waals surface area contributed by atoms with Crippen LogP contribution in [0.4, 0.5) is 0 Å². The van der Waals surface area contributed by atoms with Gasteiger partial charge in [-0.25, -0.2) is 0 Å². The number of benzene rings is 1. The van der Waals surface area contributed by atoms with Crippen molar-refractivity contribution >= 4 is 0 Å². The van der Waals surface area contributed by atoms with Crippen LogP contribution in [0.2, 0.25) is 0 Å². The molecule has 13 heavy (non-hydrogen) atoms. The molecule has 2 heteroatoms. The smallest absolute Gasteiger partial charge is 0.0943 e. The van der Waals surface area contributed by atoms with Crippen molar-refractivity contribution in [2.45, 2.75) is 32.9 Å². The molecular weight excluding hydrogens is 162 g/mol. The maximum Gasteiger partial charge on any atom is 0.0943 e. The first-order chi connectivity index (χ1) is 6.04. The monoisotopic (exact) mass is 179 g/mol. The van der Waals surface area contributed by atoms with E-state index in [1.807, 2.05) is 39.0 Å². The van der Waals surface area contributed by atoms with Gasteiger partial charge in [-0.05, 0) is 37.5 Å². The van der Waals surface area contributed by atoms with Crippen molar-refractivity contribution in [3.05, 3.63) is 34.9 Å². The van der Waals surface area contributed by atoms with Gasteiger partial charge in [0.1, 0.15) is 0 Å². The zero-order chi connectivity index (χ0) is 10.0. The lowest BCUT2D eigenvalue weighted by molar-refractivity contribution is 0.152. The zero-order valence-corrected chi connectivity index (χ0v) is 8.41. The molecule has 2 nitrogen and oxygen atoms in total. The summed E-state index contributed by atoms with van der Waals surface area (Å²) in [6.07, 6.45) is -0.554. The molecule has 0 saturated heterocycles. The Morgan fingerprint density at radius 1 is 1.23 bits per heavy atom. The van der Waals surface area contributed by atoms with E-state index >= 15 is 0 Å². The van der Waals surface area contributed by atoms with E-state index in [0.717, 1.165) is 16.7 Å². The van der Waals surface area contributed by atoms with Gasteiger partial charge < -0.3 is 10.8 Å². The molecule has 0 aliphatic carbocycles. The van der Waals surface area contributed by atoms with Crippen LogP contribution in [0.5, 0.6) is 0 Å². The normalized spacial score (nSPS) is 15.5. The Kier molecular flexibility index (Phi) is 3.07. The topological polar surface area (TPSA) is 46.2 Å². The number of aliphatic hydroxyl groups is 1. The van der Waals surface area contributed by atoms with Gasteiger partial charge in [0, 0.05) is 6.04 Å². The van der Waals surface area contributed by atoms with Crippen LogP contribution in [-0.2, 0) is 0 Å². The number of aryl methyl sites for hydroxylation is 2. The molecule has 1 aromatic carbocycles. The number of hydrogen-bond acceptors (Lipinski definition) is 2. The van der Waals surface area contributed by atoms with E-state index in [1.54, 1.807) is 0 Å². The molecule has 3 N–H and O–H groups in total. The van der Waals surface area contributed by atoms with E-state index in [-0.39, 0.29) is 6.04 Å². The molecule has 2 atom stereocenters. The first-order valence-electron chi connectivity index (χ1n) is 4.53. The second kappa shape index (κ2) is 3.90. The van der Waals surface area contributed by atoms with Gasteiger partial charge in [-0.15, -0.1) is 0 Å². The quantitative estimate of drug-likeness (QED) is 0.725. The molecule has 0 fully saturated rings. The highest BCUT2D eigenvalue weighted by Gasteiger charge is 2.16. The number of rotatable bonds is 2. The highest BCUT2D eigenvalue weighted by Crippen LogP contribution is 2.23. The zero-order valence-electron chi connectivity index (χ0n) is 8.41. The van der Waals surface area contributed by atoms with Crippen molar-refractivity contribution in [3.8, 4) is 0 Å². The van der Waals surface area contributed by atoms with E-state index in [2.05, 4.69) is 0 Å². The Bertz CT molecular complexity index is 274. The fourth-order valence-corrected chi connectivity index (χ4v) is 1.56. The summed E-state index contributed by atoms with van der Waals surface area (Å²) in [5, 5.41) is 9.83. The van der Waals surface area contributed by atoms with Gasteiger partial charge >= 0.3 is 0 Å². The van der Waals surface area contributed by atoms with Crippen molar-refractivity contribution in [2.24, 2.45) is 5.73 Å². The Morgan fingerprint density at radius 3 is 2.08 bits per heavy atom. The van der Waals surface area contributed by atoms with Crippen molar-refractivity contribution < 1.29 is 5.11 Å². The molecule has 0 amide bonds. The lowest BCUT2D eigenvalue weighted by Crippen LogP contribution is -2.25. The molecule has 0 bridgehead atoms. The molecule has 0 spiro atoms. The van der Waals surface area contributed by atoms with E-state index < -0.39 is 6.10 Å². The number of hydrogen-bond donors (Lipinski definition) is 2. The van der Waals surface area contributed by atoms with E-state index in [4.69, 9.17) is 5.73 Å². The third-order valence-electron chi connectivity index (χ3n) is 2.34. The minimum Gasteiger partial charge on any atom is -0.387 e. The minimum atomic E-state index is -0.554. The van der Waals surface area contributed by atoms with Crippen molar-refractivity contribution in [1.82, 2.24) is 0 Å². The van der Waals surface area contributed by atoms with Crippen LogP contribution in [0, 0.1) is 13.8 Å². The maximum absolute atomic E-state index is 9.83. The first kappa shape index (κ1) is 10.2. The third kappa shape index (κ3) is 2.08. The summed E-state index contributed by atoms with van der Waals surface area (Å²) in [5.74, 6) is 0. The van der Waals surface area contributed by atoms with Crippen LogP contribution in [0.15, 0.2) is 18.2 Å². The Balaban J connectivity index is 3.12. The van der Waals surface area contributed by atoms with E-state index in [9.17, 15) is 5.11 Å². The van der Waals surface area contributed by atoms with Gasteiger partial charge in [-0.3, -0.25) is 0 Å². The summed E-state index contributed by atoms with van der Waals surface area (Å²) >= 11 is 0. The highest BCUT2D eigenvalue weighted by molar-refractivity contribution is 5.35. The molecule has 0 saturated carbocycles. The number of nitrogens with two attached hydrogens (primary N) is 1. The molecule has 1 rings (SSSR count). The molecule has 0 aliphatic rings. The second-order valence-electron chi connectivity index (χ2n) is 3.61. The van der Waals surface area contributed by atoms with Crippen LogP contribution in [0.1, 0.15) is 29.7 Å². The predicted octanol–water partition coefficient (Wildman–Crippen LogP) is 1.68. The lowest BCUT2D eigenvalue weighted by atomic mass is 9.95. The van der Waals surface area contributed by atoms with Gasteiger partial charge in [0.15, 0.2) is 0 Å². The average Bonchev–Trinajstić information content (AvgIpc) is 2.03. The Morgan fingerprint density at radius 2 is 1.69 bits per heavy atom. The Hall–Kier alpha value is -0.860. The summed E-state index contributed by atoms with van der Waals surface area (Å²) in [5.41, 5.74) is 8.83. The van der Waals surface area contributed by atoms with Crippen molar-refractivity contribution in [2.75, 3.05) is 0 Å². The summed E-state index contributed by atoms with van der Waals surface area (Å²) in [4.78, 5) is 0. The molecule has 0 radical (unpaired) electrons. The van der Waals surface area contributed by atoms with Crippen LogP contribution in [-0.4, -0.2) is 11.1 Å². The SMILES string of the molecule is Cc1cccc(C)c1[C@H](O)[C@@H](C)N. The lowest BCUT2D eigenvalue weighted by Gasteiger charge is -2.19. The largest absolute Gasteiger partial charge is 0.387 e. The molecule has 72 valence electrons. The first-order valence-corrected chi connectivity index (χ1v) is 4.53. The second-order valence-corrected chi connectivity index (χ2v) is 3.61. The molecular formula is C11H17NO. The minimum absolute atomic E-state index is 0.222. The van der Waals surface area contributed by atoms with Gasteiger partial charge in [0.05, 0.1) is 6.10 Å². The van der Waals surface area contributed by atoms with Gasteiger partial charge in [0.25, 0.3) is 0 Å². The molecule has 0 aliphatic heterocycles. The molecule has 0 aromatic heterocycles. The standard InChI is InChI=1S/C11H17NO/c1-7-5-4-6-8(2)10(7)11(13)9(3)12/h4-6,9,11,13H,12H2,1-3H3/t9-,11-/m1/s1. The Labute approximate surface area is 79.4 Å². The van der Waals surface area contributed by atoms with Gasteiger partial charge in [0.2, 0.25) is 0 Å². The van der Waals surface area contributed by atoms with Crippen LogP contribution < -0.4 is 5.73 Å². The maximum atomic E-state index is 9.83. The fraction of sp³-hybridized carbons (Fsp3) is 0.455. The average molecular weight is 179 g/mol. The van der Waals surface area contributed by atoms with Crippen LogP contribution in [0.25, 0.3) is 0 Å². The molecule has 0 heterocycles.